The van der Waals surface area contributed by atoms with Gasteiger partial charge in [-0.25, -0.2) is 0 Å². The molecule has 2 aliphatic heterocycles. The lowest BCUT2D eigenvalue weighted by molar-refractivity contribution is -0.261. The lowest BCUT2D eigenvalue weighted by Gasteiger charge is -2.35. The number of alkyl halides is 3. The third-order valence-corrected chi connectivity index (χ3v) is 9.08. The number of halogens is 4. The van der Waals surface area contributed by atoms with Crippen molar-refractivity contribution in [3.05, 3.63) is 58.6 Å². The number of benzene rings is 2. The van der Waals surface area contributed by atoms with Crippen molar-refractivity contribution in [3.8, 4) is 5.75 Å². The standard InChI is InChI=1S/C29H33ClF3N3O4/c1-34(26(38)28(39,29(31,32)33)19-4-3-5-22(16-19)40-2)11-8-20-18-27(20)9-12-35(13-10-27)21-6-7-23(24(30)17-21)25(37)36-14-15-36/h3-7,16-17,20,39H,8-15,18H2,1-2H3/t20?,28-/m1/s1. The van der Waals surface area contributed by atoms with Gasteiger partial charge in [0, 0.05) is 51.0 Å². The number of ether oxygens (including phenoxy) is 1. The summed E-state index contributed by atoms with van der Waals surface area (Å²) in [4.78, 5) is 30.3. The predicted molar refractivity (Wildman–Crippen MR) is 145 cm³/mol. The normalized spacial score (nSPS) is 21.1. The number of nitrogens with zero attached hydrogens (tertiary/aromatic N) is 3. The number of piperidine rings is 1. The van der Waals surface area contributed by atoms with E-state index in [1.807, 2.05) is 12.1 Å². The van der Waals surface area contributed by atoms with Gasteiger partial charge >= 0.3 is 6.18 Å². The maximum Gasteiger partial charge on any atom is 0.430 e. The molecule has 2 aromatic carbocycles. The zero-order chi connectivity index (χ0) is 28.9. The molecule has 2 atom stereocenters. The van der Waals surface area contributed by atoms with Gasteiger partial charge in [0.15, 0.2) is 0 Å². The van der Waals surface area contributed by atoms with Crippen LogP contribution in [0.5, 0.6) is 5.75 Å². The molecule has 11 heteroatoms. The minimum atomic E-state index is -5.21. The van der Waals surface area contributed by atoms with Crippen LogP contribution >= 0.6 is 11.6 Å². The number of methoxy groups -OCH3 is 1. The summed E-state index contributed by atoms with van der Waals surface area (Å²) in [5, 5.41) is 11.2. The molecule has 7 nitrogen and oxygen atoms in total. The molecule has 2 saturated heterocycles. The van der Waals surface area contributed by atoms with Crippen LogP contribution in [0.15, 0.2) is 42.5 Å². The van der Waals surface area contributed by atoms with Crippen LogP contribution in [-0.4, -0.2) is 79.8 Å². The Morgan fingerprint density at radius 2 is 1.82 bits per heavy atom. The van der Waals surface area contributed by atoms with Crippen molar-refractivity contribution in [1.29, 1.82) is 0 Å². The van der Waals surface area contributed by atoms with E-state index in [4.69, 9.17) is 16.3 Å². The Morgan fingerprint density at radius 1 is 1.12 bits per heavy atom. The number of aliphatic hydroxyl groups is 1. The van der Waals surface area contributed by atoms with Gasteiger partial charge in [0.2, 0.25) is 0 Å². The Hall–Kier alpha value is -2.98. The molecular formula is C29H33ClF3N3O4. The number of rotatable bonds is 8. The highest BCUT2D eigenvalue weighted by molar-refractivity contribution is 6.34. The number of anilines is 1. The highest BCUT2D eigenvalue weighted by Crippen LogP contribution is 2.61. The quantitative estimate of drug-likeness (QED) is 0.459. The summed E-state index contributed by atoms with van der Waals surface area (Å²) in [6, 6.07) is 10.4. The molecule has 2 amide bonds. The Kier molecular flexibility index (Phi) is 7.46. The summed E-state index contributed by atoms with van der Waals surface area (Å²) in [6.45, 7) is 3.26. The summed E-state index contributed by atoms with van der Waals surface area (Å²) in [7, 11) is 2.60. The first kappa shape index (κ1) is 28.5. The van der Waals surface area contributed by atoms with E-state index < -0.39 is 23.2 Å². The molecule has 0 aromatic heterocycles. The maximum atomic E-state index is 14.1. The predicted octanol–water partition coefficient (Wildman–Crippen LogP) is 4.71. The van der Waals surface area contributed by atoms with Gasteiger partial charge in [-0.3, -0.25) is 9.59 Å². The fraction of sp³-hybridized carbons (Fsp3) is 0.517. The highest BCUT2D eigenvalue weighted by Gasteiger charge is 2.62. The Balaban J connectivity index is 1.17. The Labute approximate surface area is 236 Å². The van der Waals surface area contributed by atoms with Gasteiger partial charge in [0.25, 0.3) is 17.4 Å². The van der Waals surface area contributed by atoms with Crippen molar-refractivity contribution in [2.24, 2.45) is 11.3 Å². The van der Waals surface area contributed by atoms with Gasteiger partial charge < -0.3 is 24.5 Å². The van der Waals surface area contributed by atoms with Crippen molar-refractivity contribution in [2.45, 2.75) is 37.5 Å². The molecule has 1 saturated carbocycles. The maximum absolute atomic E-state index is 14.1. The van der Waals surface area contributed by atoms with Gasteiger partial charge in [0.05, 0.1) is 17.7 Å². The number of carbonyl (C=O) groups is 2. The van der Waals surface area contributed by atoms with Crippen LogP contribution in [-0.2, 0) is 10.4 Å². The van der Waals surface area contributed by atoms with E-state index in [0.717, 1.165) is 68.2 Å². The van der Waals surface area contributed by atoms with E-state index in [2.05, 4.69) is 4.90 Å². The average Bonchev–Trinajstić information content (AvgIpc) is 3.87. The molecule has 2 heterocycles. The van der Waals surface area contributed by atoms with E-state index in [9.17, 15) is 27.9 Å². The minimum Gasteiger partial charge on any atom is -0.497 e. The molecule has 0 radical (unpaired) electrons. The molecular weight excluding hydrogens is 547 g/mol. The first-order valence-corrected chi connectivity index (χ1v) is 13.8. The van der Waals surface area contributed by atoms with Gasteiger partial charge in [-0.2, -0.15) is 13.2 Å². The first-order chi connectivity index (χ1) is 18.9. The SMILES string of the molecule is COc1cccc([C@@](O)(C(=O)N(C)CCC2CC23CCN(c2ccc(C(=O)N4CC4)c(Cl)c2)CC3)C(F)(F)F)c1. The topological polar surface area (TPSA) is 73.1 Å². The fourth-order valence-corrected chi connectivity index (χ4v) is 6.20. The highest BCUT2D eigenvalue weighted by atomic mass is 35.5. The average molecular weight is 580 g/mol. The van der Waals surface area contributed by atoms with Crippen LogP contribution in [0.2, 0.25) is 5.02 Å². The number of likely N-dealkylation sites (N-methyl/N-ethyl adjacent to an activating group) is 1. The van der Waals surface area contributed by atoms with Gasteiger partial charge in [-0.1, -0.05) is 23.7 Å². The van der Waals surface area contributed by atoms with Gasteiger partial charge in [-0.15, -0.1) is 0 Å². The van der Waals surface area contributed by atoms with Gasteiger partial charge in [-0.05, 0) is 67.3 Å². The Bertz CT molecular complexity index is 1290. The molecule has 1 N–H and O–H groups in total. The van der Waals surface area contributed by atoms with E-state index in [1.54, 1.807) is 11.0 Å². The van der Waals surface area contributed by atoms with E-state index in [-0.39, 0.29) is 23.6 Å². The molecule has 3 aliphatic rings. The summed E-state index contributed by atoms with van der Waals surface area (Å²) in [5.41, 5.74) is -2.64. The minimum absolute atomic E-state index is 0.0458. The van der Waals surface area contributed by atoms with Crippen molar-refractivity contribution in [3.63, 3.8) is 0 Å². The second-order valence-corrected chi connectivity index (χ2v) is 11.6. The van der Waals surface area contributed by atoms with Crippen molar-refractivity contribution in [2.75, 3.05) is 51.8 Å². The summed E-state index contributed by atoms with van der Waals surface area (Å²) < 4.78 is 47.2. The molecule has 0 bridgehead atoms. The lowest BCUT2D eigenvalue weighted by Crippen LogP contribution is -2.55. The van der Waals surface area contributed by atoms with Crippen LogP contribution in [0, 0.1) is 11.3 Å². The smallest absolute Gasteiger partial charge is 0.430 e. The van der Waals surface area contributed by atoms with Crippen LogP contribution in [0.3, 0.4) is 0 Å². The number of amides is 2. The summed E-state index contributed by atoms with van der Waals surface area (Å²) in [5.74, 6) is -1.03. The van der Waals surface area contributed by atoms with Crippen LogP contribution in [0.4, 0.5) is 18.9 Å². The third-order valence-electron chi connectivity index (χ3n) is 8.77. The molecule has 216 valence electrons. The number of hydrogen-bond acceptors (Lipinski definition) is 5. The van der Waals surface area contributed by atoms with Crippen molar-refractivity contribution >= 4 is 29.1 Å². The molecule has 1 unspecified atom stereocenters. The Morgan fingerprint density at radius 3 is 2.42 bits per heavy atom. The molecule has 3 fully saturated rings. The van der Waals surface area contributed by atoms with Crippen LogP contribution < -0.4 is 9.64 Å². The molecule has 1 aliphatic carbocycles. The summed E-state index contributed by atoms with van der Waals surface area (Å²) >= 11 is 6.42. The lowest BCUT2D eigenvalue weighted by atomic mass is 9.89. The van der Waals surface area contributed by atoms with Gasteiger partial charge in [0.1, 0.15) is 5.75 Å². The van der Waals surface area contributed by atoms with Crippen molar-refractivity contribution in [1.82, 2.24) is 9.80 Å². The van der Waals surface area contributed by atoms with Crippen molar-refractivity contribution < 1.29 is 32.6 Å². The monoisotopic (exact) mass is 579 g/mol. The zero-order valence-corrected chi connectivity index (χ0v) is 23.3. The molecule has 5 rings (SSSR count). The third kappa shape index (κ3) is 5.23. The van der Waals surface area contributed by atoms with E-state index >= 15 is 0 Å². The second kappa shape index (κ2) is 10.4. The summed E-state index contributed by atoms with van der Waals surface area (Å²) in [6.07, 6.45) is -1.82. The van der Waals surface area contributed by atoms with E-state index in [1.165, 1.54) is 26.3 Å². The molecule has 40 heavy (non-hydrogen) atoms. The first-order valence-electron chi connectivity index (χ1n) is 13.4. The second-order valence-electron chi connectivity index (χ2n) is 11.2. The van der Waals surface area contributed by atoms with Crippen LogP contribution in [0.25, 0.3) is 0 Å². The number of hydrogen-bond donors (Lipinski definition) is 1. The van der Waals surface area contributed by atoms with E-state index in [0.29, 0.717) is 22.9 Å². The fourth-order valence-electron chi connectivity index (χ4n) is 5.94. The largest absolute Gasteiger partial charge is 0.497 e. The van der Waals surface area contributed by atoms with Crippen LogP contribution in [0.1, 0.15) is 41.6 Å². The molecule has 1 spiro atoms. The number of carbonyl (C=O) groups excluding carboxylic acids is 2. The molecule has 2 aromatic rings. The zero-order valence-electron chi connectivity index (χ0n) is 22.5.